The largest absolute Gasteiger partial charge is 0.465 e. The summed E-state index contributed by atoms with van der Waals surface area (Å²) in [7, 11) is -2.34. The Bertz CT molecular complexity index is 677. The zero-order chi connectivity index (χ0) is 16.4. The molecule has 1 saturated heterocycles. The number of nitrogens with zero attached hydrogens (tertiary/aromatic N) is 1. The van der Waals surface area contributed by atoms with Crippen LogP contribution in [-0.2, 0) is 19.5 Å². The second kappa shape index (κ2) is 6.59. The van der Waals surface area contributed by atoms with Crippen LogP contribution in [-0.4, -0.2) is 51.6 Å². The fourth-order valence-corrected chi connectivity index (χ4v) is 4.63. The second-order valence-corrected chi connectivity index (χ2v) is 7.95. The van der Waals surface area contributed by atoms with Gasteiger partial charge >= 0.3 is 5.97 Å². The van der Waals surface area contributed by atoms with Gasteiger partial charge in [0.05, 0.1) is 24.2 Å². The molecule has 1 aliphatic heterocycles. The first kappa shape index (κ1) is 16.4. The van der Waals surface area contributed by atoms with E-state index in [0.717, 1.165) is 19.3 Å². The summed E-state index contributed by atoms with van der Waals surface area (Å²) in [6.45, 7) is 1.79. The minimum absolute atomic E-state index is 0.0717. The second-order valence-electron chi connectivity index (χ2n) is 6.05. The maximum Gasteiger partial charge on any atom is 0.337 e. The average molecular weight is 339 g/mol. The molecule has 1 heterocycles. The van der Waals surface area contributed by atoms with Gasteiger partial charge in [0.25, 0.3) is 0 Å². The van der Waals surface area contributed by atoms with Crippen LogP contribution in [0.3, 0.4) is 0 Å². The number of sulfonamides is 1. The van der Waals surface area contributed by atoms with Crippen molar-refractivity contribution in [3.63, 3.8) is 0 Å². The van der Waals surface area contributed by atoms with E-state index in [1.54, 1.807) is 16.4 Å². The van der Waals surface area contributed by atoms with Gasteiger partial charge in [-0.05, 0) is 43.4 Å². The summed E-state index contributed by atoms with van der Waals surface area (Å²) in [5, 5.41) is 0. The highest BCUT2D eigenvalue weighted by molar-refractivity contribution is 7.89. The highest BCUT2D eigenvalue weighted by atomic mass is 32.2. The molecule has 2 aliphatic rings. The number of hydrogen-bond donors (Lipinski definition) is 0. The molecular weight excluding hydrogens is 318 g/mol. The van der Waals surface area contributed by atoms with Crippen LogP contribution in [0.1, 0.15) is 29.6 Å². The Morgan fingerprint density at radius 3 is 2.74 bits per heavy atom. The smallest absolute Gasteiger partial charge is 0.337 e. The Hall–Kier alpha value is -1.44. The Morgan fingerprint density at radius 1 is 1.35 bits per heavy atom. The maximum atomic E-state index is 13.0. The van der Waals surface area contributed by atoms with Crippen LogP contribution in [0.2, 0.25) is 0 Å². The minimum Gasteiger partial charge on any atom is -0.465 e. The van der Waals surface area contributed by atoms with E-state index < -0.39 is 16.0 Å². The lowest BCUT2D eigenvalue weighted by Crippen LogP contribution is -2.37. The molecular formula is C16H21NO5S. The van der Waals surface area contributed by atoms with Crippen LogP contribution in [0.25, 0.3) is 0 Å². The first-order valence-electron chi connectivity index (χ1n) is 7.80. The quantitative estimate of drug-likeness (QED) is 0.737. The first-order valence-corrected chi connectivity index (χ1v) is 9.24. The summed E-state index contributed by atoms with van der Waals surface area (Å²) >= 11 is 0. The van der Waals surface area contributed by atoms with Crippen LogP contribution in [0.15, 0.2) is 29.2 Å². The third kappa shape index (κ3) is 3.57. The summed E-state index contributed by atoms with van der Waals surface area (Å²) in [5.41, 5.74) is 0.244. The van der Waals surface area contributed by atoms with Crippen molar-refractivity contribution in [3.8, 4) is 0 Å². The van der Waals surface area contributed by atoms with Gasteiger partial charge in [-0.15, -0.1) is 0 Å². The molecule has 23 heavy (non-hydrogen) atoms. The Morgan fingerprint density at radius 2 is 2.13 bits per heavy atom. The Labute approximate surface area is 136 Å². The molecule has 0 spiro atoms. The number of esters is 1. The van der Waals surface area contributed by atoms with Crippen LogP contribution in [0.4, 0.5) is 0 Å². The summed E-state index contributed by atoms with van der Waals surface area (Å²) in [5.74, 6) is -0.293. The SMILES string of the molecule is COC(=O)c1cccc(S(=O)(=O)N(C[C@H]2CCOC2)C2CC2)c1. The van der Waals surface area contributed by atoms with Crippen molar-refractivity contribution in [2.75, 3.05) is 26.9 Å². The van der Waals surface area contributed by atoms with Crippen molar-refractivity contribution in [3.05, 3.63) is 29.8 Å². The predicted octanol–water partition coefficient (Wildman–Crippen LogP) is 1.66. The molecule has 0 amide bonds. The molecule has 0 aromatic heterocycles. The zero-order valence-electron chi connectivity index (χ0n) is 13.1. The number of carbonyl (C=O) groups excluding carboxylic acids is 1. The Kier molecular flexibility index (Phi) is 4.70. The van der Waals surface area contributed by atoms with Gasteiger partial charge in [-0.25, -0.2) is 13.2 Å². The van der Waals surface area contributed by atoms with Crippen LogP contribution >= 0.6 is 0 Å². The van der Waals surface area contributed by atoms with Gasteiger partial charge < -0.3 is 9.47 Å². The fourth-order valence-electron chi connectivity index (χ4n) is 2.82. The molecule has 0 bridgehead atoms. The van der Waals surface area contributed by atoms with E-state index in [0.29, 0.717) is 19.8 Å². The standard InChI is InChI=1S/C16H21NO5S/c1-21-16(18)13-3-2-4-15(9-13)23(19,20)17(14-5-6-14)10-12-7-8-22-11-12/h2-4,9,12,14H,5-8,10-11H2,1H3/t12-/m1/s1. The third-order valence-electron chi connectivity index (χ3n) is 4.28. The van der Waals surface area contributed by atoms with Crippen molar-refractivity contribution >= 4 is 16.0 Å². The van der Waals surface area contributed by atoms with E-state index in [1.165, 1.54) is 19.2 Å². The lowest BCUT2D eigenvalue weighted by atomic mass is 10.1. The molecule has 1 atom stereocenters. The van der Waals surface area contributed by atoms with Gasteiger partial charge in [0.2, 0.25) is 10.0 Å². The summed E-state index contributed by atoms with van der Waals surface area (Å²) < 4.78 is 37.6. The molecule has 3 rings (SSSR count). The van der Waals surface area contributed by atoms with Crippen molar-refractivity contribution in [1.29, 1.82) is 0 Å². The van der Waals surface area contributed by atoms with Gasteiger partial charge in [-0.3, -0.25) is 0 Å². The molecule has 0 N–H and O–H groups in total. The average Bonchev–Trinajstić information content (AvgIpc) is 3.27. The summed E-state index contributed by atoms with van der Waals surface area (Å²) in [6.07, 6.45) is 2.67. The number of rotatable bonds is 6. The monoisotopic (exact) mass is 339 g/mol. The number of methoxy groups -OCH3 is 1. The maximum absolute atomic E-state index is 13.0. The van der Waals surface area contributed by atoms with E-state index in [4.69, 9.17) is 4.74 Å². The van der Waals surface area contributed by atoms with Crippen LogP contribution < -0.4 is 0 Å². The van der Waals surface area contributed by atoms with Crippen LogP contribution in [0.5, 0.6) is 0 Å². The summed E-state index contributed by atoms with van der Waals surface area (Å²) in [4.78, 5) is 11.8. The topological polar surface area (TPSA) is 72.9 Å². The Balaban J connectivity index is 1.87. The van der Waals surface area contributed by atoms with Crippen molar-refractivity contribution in [1.82, 2.24) is 4.31 Å². The van der Waals surface area contributed by atoms with E-state index in [1.807, 2.05) is 0 Å². The fraction of sp³-hybridized carbons (Fsp3) is 0.562. The third-order valence-corrected chi connectivity index (χ3v) is 6.19. The molecule has 1 aliphatic carbocycles. The predicted molar refractivity (Wildman–Crippen MR) is 83.6 cm³/mol. The number of benzene rings is 1. The van der Waals surface area contributed by atoms with Gasteiger partial charge in [-0.1, -0.05) is 6.07 Å². The minimum atomic E-state index is -3.62. The molecule has 0 radical (unpaired) electrons. The lowest BCUT2D eigenvalue weighted by Gasteiger charge is -2.24. The zero-order valence-corrected chi connectivity index (χ0v) is 13.9. The molecule has 7 heteroatoms. The van der Waals surface area contributed by atoms with Gasteiger partial charge in [-0.2, -0.15) is 4.31 Å². The molecule has 6 nitrogen and oxygen atoms in total. The van der Waals surface area contributed by atoms with Gasteiger partial charge in [0, 0.05) is 19.2 Å². The molecule has 1 aromatic rings. The van der Waals surface area contributed by atoms with Crippen molar-refractivity contribution < 1.29 is 22.7 Å². The van der Waals surface area contributed by atoms with E-state index in [2.05, 4.69) is 4.74 Å². The number of ether oxygens (including phenoxy) is 2. The lowest BCUT2D eigenvalue weighted by molar-refractivity contribution is 0.0600. The van der Waals surface area contributed by atoms with Crippen molar-refractivity contribution in [2.24, 2.45) is 5.92 Å². The van der Waals surface area contributed by atoms with Gasteiger partial charge in [0.1, 0.15) is 0 Å². The van der Waals surface area contributed by atoms with E-state index in [9.17, 15) is 13.2 Å². The molecule has 1 aromatic carbocycles. The summed E-state index contributed by atoms with van der Waals surface area (Å²) in [6, 6.07) is 6.12. The molecule has 2 fully saturated rings. The number of carbonyl (C=O) groups is 1. The molecule has 0 unspecified atom stereocenters. The van der Waals surface area contributed by atoms with Crippen LogP contribution in [0, 0.1) is 5.92 Å². The highest BCUT2D eigenvalue weighted by Gasteiger charge is 2.39. The molecule has 126 valence electrons. The van der Waals surface area contributed by atoms with E-state index >= 15 is 0 Å². The first-order chi connectivity index (χ1) is 11.0. The highest BCUT2D eigenvalue weighted by Crippen LogP contribution is 2.34. The van der Waals surface area contributed by atoms with E-state index in [-0.39, 0.29) is 22.4 Å². The van der Waals surface area contributed by atoms with Crippen molar-refractivity contribution in [2.45, 2.75) is 30.2 Å². The van der Waals surface area contributed by atoms with Gasteiger partial charge in [0.15, 0.2) is 0 Å². The number of hydrogen-bond acceptors (Lipinski definition) is 5. The molecule has 1 saturated carbocycles. The normalized spacial score (nSPS) is 21.6.